The van der Waals surface area contributed by atoms with Gasteiger partial charge in [-0.1, -0.05) is 32.4 Å². The highest BCUT2D eigenvalue weighted by Crippen LogP contribution is 2.22. The summed E-state index contributed by atoms with van der Waals surface area (Å²) < 4.78 is 2.08. The fourth-order valence-corrected chi connectivity index (χ4v) is 2.81. The lowest BCUT2D eigenvalue weighted by atomic mass is 10.1. The number of imidazole rings is 1. The molecule has 0 aliphatic heterocycles. The number of rotatable bonds is 5. The van der Waals surface area contributed by atoms with Gasteiger partial charge in [0.05, 0.1) is 0 Å². The van der Waals surface area contributed by atoms with Crippen LogP contribution in [0.25, 0.3) is 16.9 Å². The molecule has 0 saturated carbocycles. The topological polar surface area (TPSA) is 47.8 Å². The van der Waals surface area contributed by atoms with Crippen LogP contribution in [0.15, 0.2) is 36.5 Å². The summed E-state index contributed by atoms with van der Waals surface area (Å²) in [5.74, 6) is 0.965. The van der Waals surface area contributed by atoms with Crippen molar-refractivity contribution in [1.82, 2.24) is 14.5 Å². The van der Waals surface area contributed by atoms with E-state index in [4.69, 9.17) is 0 Å². The third kappa shape index (κ3) is 2.89. The normalized spacial score (nSPS) is 11.1. The largest absolute Gasteiger partial charge is 0.294 e. The third-order valence-electron chi connectivity index (χ3n) is 4.02. The van der Waals surface area contributed by atoms with Gasteiger partial charge >= 0.3 is 0 Å². The summed E-state index contributed by atoms with van der Waals surface area (Å²) in [6.07, 6.45) is 4.67. The van der Waals surface area contributed by atoms with E-state index in [1.165, 1.54) is 5.56 Å². The number of nitrogens with zero attached hydrogens (tertiary/aromatic N) is 3. The second-order valence-electron chi connectivity index (χ2n) is 5.76. The monoisotopic (exact) mass is 307 g/mol. The molecule has 0 unspecified atom stereocenters. The van der Waals surface area contributed by atoms with E-state index in [-0.39, 0.29) is 5.78 Å². The lowest BCUT2D eigenvalue weighted by Gasteiger charge is -2.08. The number of hydrogen-bond acceptors (Lipinski definition) is 3. The molecule has 2 aromatic heterocycles. The van der Waals surface area contributed by atoms with Gasteiger partial charge in [0.2, 0.25) is 0 Å². The summed E-state index contributed by atoms with van der Waals surface area (Å²) in [5, 5.41) is 0. The number of hydrogen-bond donors (Lipinski definition) is 0. The Labute approximate surface area is 136 Å². The molecule has 4 nitrogen and oxygen atoms in total. The number of benzene rings is 1. The van der Waals surface area contributed by atoms with E-state index < -0.39 is 0 Å². The van der Waals surface area contributed by atoms with Crippen LogP contribution in [0.5, 0.6) is 0 Å². The predicted molar refractivity (Wildman–Crippen MR) is 92.2 cm³/mol. The first-order valence-electron chi connectivity index (χ1n) is 8.11. The van der Waals surface area contributed by atoms with Gasteiger partial charge in [-0.05, 0) is 37.1 Å². The van der Waals surface area contributed by atoms with Crippen LogP contribution in [0, 0.1) is 0 Å². The number of ketones is 1. The molecule has 3 rings (SSSR count). The first kappa shape index (κ1) is 15.4. The molecule has 0 radical (unpaired) electrons. The highest BCUT2D eigenvalue weighted by molar-refractivity contribution is 5.96. The Bertz CT molecular complexity index is 847. The lowest BCUT2D eigenvalue weighted by molar-refractivity contribution is 0.101. The van der Waals surface area contributed by atoms with E-state index in [9.17, 15) is 4.79 Å². The van der Waals surface area contributed by atoms with Crippen LogP contribution in [0.2, 0.25) is 0 Å². The maximum absolute atomic E-state index is 11.5. The van der Waals surface area contributed by atoms with Crippen LogP contribution in [-0.4, -0.2) is 20.3 Å². The van der Waals surface area contributed by atoms with E-state index in [0.29, 0.717) is 5.56 Å². The van der Waals surface area contributed by atoms with Crippen molar-refractivity contribution in [3.05, 3.63) is 53.5 Å². The van der Waals surface area contributed by atoms with E-state index in [1.807, 2.05) is 6.07 Å². The van der Waals surface area contributed by atoms with Crippen molar-refractivity contribution >= 4 is 16.9 Å². The molecule has 0 aliphatic carbocycles. The van der Waals surface area contributed by atoms with Gasteiger partial charge in [-0.15, -0.1) is 0 Å². The lowest BCUT2D eigenvalue weighted by Crippen LogP contribution is -2.01. The minimum atomic E-state index is 0.0101. The third-order valence-corrected chi connectivity index (χ3v) is 4.02. The number of aromatic nitrogens is 3. The molecule has 4 heteroatoms. The summed E-state index contributed by atoms with van der Waals surface area (Å²) >= 11 is 0. The van der Waals surface area contributed by atoms with Crippen molar-refractivity contribution in [2.75, 3.05) is 0 Å². The molecule has 3 aromatic rings. The van der Waals surface area contributed by atoms with Crippen LogP contribution in [0.4, 0.5) is 0 Å². The van der Waals surface area contributed by atoms with Gasteiger partial charge in [-0.25, -0.2) is 9.97 Å². The van der Waals surface area contributed by atoms with Gasteiger partial charge < -0.3 is 0 Å². The molecule has 118 valence electrons. The Hall–Kier alpha value is -2.49. The quantitative estimate of drug-likeness (QED) is 0.666. The number of aryl methyl sites for hydroxylation is 2. The Balaban J connectivity index is 2.13. The fourth-order valence-electron chi connectivity index (χ4n) is 2.81. The highest BCUT2D eigenvalue weighted by atomic mass is 16.1. The van der Waals surface area contributed by atoms with Crippen LogP contribution < -0.4 is 0 Å². The first-order valence-corrected chi connectivity index (χ1v) is 8.11. The van der Waals surface area contributed by atoms with Crippen molar-refractivity contribution in [3.8, 4) is 5.69 Å². The Morgan fingerprint density at radius 2 is 1.91 bits per heavy atom. The summed E-state index contributed by atoms with van der Waals surface area (Å²) in [6, 6.07) is 10.4. The SMILES string of the molecule is CCCc1ccc(-n2c(CC)nc3cc(C(C)=O)cnc32)cc1. The van der Waals surface area contributed by atoms with Crippen molar-refractivity contribution < 1.29 is 4.79 Å². The maximum atomic E-state index is 11.5. The van der Waals surface area contributed by atoms with Crippen molar-refractivity contribution in [3.63, 3.8) is 0 Å². The summed E-state index contributed by atoms with van der Waals surface area (Å²) in [5.41, 5.74) is 4.57. The zero-order valence-corrected chi connectivity index (χ0v) is 13.8. The zero-order chi connectivity index (χ0) is 16.4. The van der Waals surface area contributed by atoms with Crippen LogP contribution in [0.3, 0.4) is 0 Å². The summed E-state index contributed by atoms with van der Waals surface area (Å²) in [6.45, 7) is 5.81. The van der Waals surface area contributed by atoms with E-state index in [1.54, 1.807) is 13.1 Å². The summed E-state index contributed by atoms with van der Waals surface area (Å²) in [4.78, 5) is 20.7. The van der Waals surface area contributed by atoms with E-state index in [2.05, 4.69) is 52.6 Å². The summed E-state index contributed by atoms with van der Waals surface area (Å²) in [7, 11) is 0. The highest BCUT2D eigenvalue weighted by Gasteiger charge is 2.14. The van der Waals surface area contributed by atoms with Crippen molar-refractivity contribution in [2.24, 2.45) is 0 Å². The number of Topliss-reactive ketones (excluding diaryl/α,β-unsaturated/α-hetero) is 1. The fraction of sp³-hybridized carbons (Fsp3) is 0.316. The Morgan fingerprint density at radius 1 is 1.17 bits per heavy atom. The average molecular weight is 307 g/mol. The number of fused-ring (bicyclic) bond motifs is 1. The van der Waals surface area contributed by atoms with Crippen LogP contribution in [-0.2, 0) is 12.8 Å². The molecule has 0 fully saturated rings. The second kappa shape index (κ2) is 6.32. The second-order valence-corrected chi connectivity index (χ2v) is 5.76. The smallest absolute Gasteiger partial charge is 0.164 e. The maximum Gasteiger partial charge on any atom is 0.164 e. The van der Waals surface area contributed by atoms with E-state index >= 15 is 0 Å². The molecular weight excluding hydrogens is 286 g/mol. The molecule has 23 heavy (non-hydrogen) atoms. The molecule has 2 heterocycles. The number of pyridine rings is 1. The molecular formula is C19H21N3O. The first-order chi connectivity index (χ1) is 11.1. The minimum absolute atomic E-state index is 0.0101. The zero-order valence-electron chi connectivity index (χ0n) is 13.8. The van der Waals surface area contributed by atoms with Crippen molar-refractivity contribution in [1.29, 1.82) is 0 Å². The Kier molecular flexibility index (Phi) is 4.24. The van der Waals surface area contributed by atoms with Gasteiger partial charge in [-0.2, -0.15) is 0 Å². The predicted octanol–water partition coefficient (Wildman–Crippen LogP) is 4.14. The van der Waals surface area contributed by atoms with Gasteiger partial charge in [0.1, 0.15) is 11.3 Å². The van der Waals surface area contributed by atoms with Crippen molar-refractivity contribution in [2.45, 2.75) is 40.0 Å². The number of carbonyl (C=O) groups excluding carboxylic acids is 1. The minimum Gasteiger partial charge on any atom is -0.294 e. The van der Waals surface area contributed by atoms with Gasteiger partial charge in [0.25, 0.3) is 0 Å². The molecule has 0 N–H and O–H groups in total. The van der Waals surface area contributed by atoms with Gasteiger partial charge in [-0.3, -0.25) is 9.36 Å². The molecule has 0 spiro atoms. The van der Waals surface area contributed by atoms with Crippen LogP contribution in [0.1, 0.15) is 48.9 Å². The molecule has 0 bridgehead atoms. The average Bonchev–Trinajstić information content (AvgIpc) is 2.93. The molecule has 0 amide bonds. The molecule has 0 saturated heterocycles. The van der Waals surface area contributed by atoms with Crippen LogP contribution >= 0.6 is 0 Å². The van der Waals surface area contributed by atoms with E-state index in [0.717, 1.165) is 41.9 Å². The molecule has 0 aliphatic rings. The Morgan fingerprint density at radius 3 is 2.52 bits per heavy atom. The standard InChI is InChI=1S/C19H21N3O/c1-4-6-14-7-9-16(10-8-14)22-18(5-2)21-17-11-15(13(3)23)12-20-19(17)22/h7-12H,4-6H2,1-3H3. The molecule has 1 aromatic carbocycles. The van der Waals surface area contributed by atoms with Gasteiger partial charge in [0.15, 0.2) is 11.4 Å². The number of carbonyl (C=O) groups is 1. The molecule has 0 atom stereocenters. The van der Waals surface area contributed by atoms with Gasteiger partial charge in [0, 0.05) is 23.9 Å².